The average molecular weight is 421 g/mol. The van der Waals surface area contributed by atoms with Crippen molar-refractivity contribution in [2.24, 2.45) is 7.05 Å². The van der Waals surface area contributed by atoms with Gasteiger partial charge in [-0.1, -0.05) is 31.0 Å². The molecule has 0 radical (unpaired) electrons. The summed E-state index contributed by atoms with van der Waals surface area (Å²) in [5.74, 6) is -1.27. The number of nitrogens with one attached hydrogen (secondary N) is 1. The third kappa shape index (κ3) is 4.98. The molecule has 2 fully saturated rings. The van der Waals surface area contributed by atoms with Gasteiger partial charge in [-0.05, 0) is 12.8 Å². The van der Waals surface area contributed by atoms with E-state index in [1.54, 1.807) is 0 Å². The standard InChI is InChI=1S/C17H26F3N5O2S/c1-24-14(17(18,19)20)22-23-15(24)28-11-13(26)21-12-16(5-3-2-4-6-16)25-7-9-27-10-8-25/h2-12H2,1H3,(H,21,26). The summed E-state index contributed by atoms with van der Waals surface area (Å²) >= 11 is 0.957. The monoisotopic (exact) mass is 421 g/mol. The lowest BCUT2D eigenvalue weighted by molar-refractivity contribution is -0.147. The fourth-order valence-electron chi connectivity index (χ4n) is 3.98. The van der Waals surface area contributed by atoms with E-state index in [0.29, 0.717) is 19.8 Å². The summed E-state index contributed by atoms with van der Waals surface area (Å²) in [5.41, 5.74) is -0.0450. The molecule has 1 aliphatic carbocycles. The maximum Gasteiger partial charge on any atom is 0.451 e. The van der Waals surface area contributed by atoms with Gasteiger partial charge in [0.05, 0.1) is 19.0 Å². The van der Waals surface area contributed by atoms with Crippen molar-refractivity contribution in [2.75, 3.05) is 38.6 Å². The van der Waals surface area contributed by atoms with Gasteiger partial charge in [0.25, 0.3) is 0 Å². The van der Waals surface area contributed by atoms with E-state index in [-0.39, 0.29) is 22.4 Å². The van der Waals surface area contributed by atoms with Gasteiger partial charge in [-0.2, -0.15) is 13.2 Å². The number of alkyl halides is 3. The molecule has 7 nitrogen and oxygen atoms in total. The molecule has 3 rings (SSSR count). The number of amides is 1. The van der Waals surface area contributed by atoms with Gasteiger partial charge in [0.1, 0.15) is 0 Å². The Kier molecular flexibility index (Phi) is 6.87. The number of ether oxygens (including phenoxy) is 1. The van der Waals surface area contributed by atoms with Crippen LogP contribution in [0.25, 0.3) is 0 Å². The summed E-state index contributed by atoms with van der Waals surface area (Å²) in [6.07, 6.45) is 1.01. The van der Waals surface area contributed by atoms with Crippen LogP contribution in [0.2, 0.25) is 0 Å². The first-order valence-corrected chi connectivity index (χ1v) is 10.5. The number of hydrogen-bond acceptors (Lipinski definition) is 6. The molecular formula is C17H26F3N5O2S. The van der Waals surface area contributed by atoms with Crippen molar-refractivity contribution in [3.05, 3.63) is 5.82 Å². The SMILES string of the molecule is Cn1c(SCC(=O)NCC2(N3CCOCC3)CCCCC2)nnc1C(F)(F)F. The molecule has 0 unspecified atom stereocenters. The van der Waals surface area contributed by atoms with Crippen molar-refractivity contribution >= 4 is 17.7 Å². The highest BCUT2D eigenvalue weighted by Gasteiger charge is 2.39. The summed E-state index contributed by atoms with van der Waals surface area (Å²) in [4.78, 5) is 14.8. The van der Waals surface area contributed by atoms with Crippen LogP contribution in [0.5, 0.6) is 0 Å². The Hall–Kier alpha value is -1.33. The summed E-state index contributed by atoms with van der Waals surface area (Å²) in [7, 11) is 1.25. The van der Waals surface area contributed by atoms with E-state index in [0.717, 1.165) is 55.1 Å². The average Bonchev–Trinajstić information content (AvgIpc) is 3.07. The quantitative estimate of drug-likeness (QED) is 0.709. The first-order chi connectivity index (χ1) is 13.3. The number of carbonyl (C=O) groups excluding carboxylic acids is 1. The lowest BCUT2D eigenvalue weighted by Gasteiger charge is -2.48. The van der Waals surface area contributed by atoms with E-state index >= 15 is 0 Å². The maximum absolute atomic E-state index is 12.8. The first kappa shape index (κ1) is 21.4. The molecule has 0 atom stereocenters. The predicted molar refractivity (Wildman–Crippen MR) is 97.9 cm³/mol. The first-order valence-electron chi connectivity index (χ1n) is 9.51. The molecule has 0 spiro atoms. The molecule has 1 saturated heterocycles. The lowest BCUT2D eigenvalue weighted by Crippen LogP contribution is -2.59. The van der Waals surface area contributed by atoms with E-state index in [4.69, 9.17) is 4.74 Å². The Morgan fingerprint density at radius 3 is 2.50 bits per heavy atom. The molecule has 28 heavy (non-hydrogen) atoms. The van der Waals surface area contributed by atoms with Crippen LogP contribution < -0.4 is 5.32 Å². The molecule has 0 aromatic carbocycles. The predicted octanol–water partition coefficient (Wildman–Crippen LogP) is 2.08. The van der Waals surface area contributed by atoms with Gasteiger partial charge in [0.2, 0.25) is 11.7 Å². The third-order valence-corrected chi connectivity index (χ3v) is 6.52. The highest BCUT2D eigenvalue weighted by molar-refractivity contribution is 7.99. The zero-order chi connectivity index (χ0) is 20.2. The highest BCUT2D eigenvalue weighted by atomic mass is 32.2. The summed E-state index contributed by atoms with van der Waals surface area (Å²) in [6.45, 7) is 3.70. The fraction of sp³-hybridized carbons (Fsp3) is 0.824. The molecule has 158 valence electrons. The second-order valence-corrected chi connectivity index (χ2v) is 8.26. The third-order valence-electron chi connectivity index (χ3n) is 5.50. The van der Waals surface area contributed by atoms with E-state index in [2.05, 4.69) is 20.4 Å². The summed E-state index contributed by atoms with van der Waals surface area (Å²) in [6, 6.07) is 0. The number of nitrogens with zero attached hydrogens (tertiary/aromatic N) is 4. The van der Waals surface area contributed by atoms with Crippen molar-refractivity contribution in [1.29, 1.82) is 0 Å². The Morgan fingerprint density at radius 2 is 1.89 bits per heavy atom. The van der Waals surface area contributed by atoms with E-state index < -0.39 is 12.0 Å². The zero-order valence-electron chi connectivity index (χ0n) is 15.9. The van der Waals surface area contributed by atoms with Gasteiger partial charge in [-0.25, -0.2) is 0 Å². The van der Waals surface area contributed by atoms with Crippen molar-refractivity contribution in [3.8, 4) is 0 Å². The number of carbonyl (C=O) groups is 1. The van der Waals surface area contributed by atoms with E-state index in [1.165, 1.54) is 13.5 Å². The van der Waals surface area contributed by atoms with Crippen LogP contribution in [-0.4, -0.2) is 69.7 Å². The number of morpholine rings is 1. The zero-order valence-corrected chi connectivity index (χ0v) is 16.7. The van der Waals surface area contributed by atoms with Crippen LogP contribution in [0, 0.1) is 0 Å². The van der Waals surface area contributed by atoms with Crippen LogP contribution in [0.3, 0.4) is 0 Å². The Balaban J connectivity index is 1.54. The van der Waals surface area contributed by atoms with Gasteiger partial charge in [0, 0.05) is 32.2 Å². The smallest absolute Gasteiger partial charge is 0.379 e. The van der Waals surface area contributed by atoms with E-state index in [9.17, 15) is 18.0 Å². The van der Waals surface area contributed by atoms with Gasteiger partial charge >= 0.3 is 6.18 Å². The van der Waals surface area contributed by atoms with Gasteiger partial charge in [0.15, 0.2) is 5.16 Å². The fourth-order valence-corrected chi connectivity index (χ4v) is 4.73. The molecular weight excluding hydrogens is 395 g/mol. The van der Waals surface area contributed by atoms with Gasteiger partial charge in [-0.3, -0.25) is 9.69 Å². The van der Waals surface area contributed by atoms with Crippen molar-refractivity contribution in [3.63, 3.8) is 0 Å². The Bertz CT molecular complexity index is 670. The second-order valence-electron chi connectivity index (χ2n) is 7.31. The molecule has 1 aliphatic heterocycles. The number of rotatable bonds is 6. The Labute approximate surface area is 166 Å². The molecule has 0 bridgehead atoms. The highest BCUT2D eigenvalue weighted by Crippen LogP contribution is 2.34. The van der Waals surface area contributed by atoms with Crippen molar-refractivity contribution < 1.29 is 22.7 Å². The van der Waals surface area contributed by atoms with Crippen LogP contribution in [0.15, 0.2) is 5.16 Å². The normalized spacial score (nSPS) is 20.9. The van der Waals surface area contributed by atoms with Crippen molar-refractivity contribution in [1.82, 2.24) is 25.0 Å². The lowest BCUT2D eigenvalue weighted by atomic mass is 9.79. The minimum absolute atomic E-state index is 0.00300. The number of thioether (sulfide) groups is 1. The number of hydrogen-bond donors (Lipinski definition) is 1. The summed E-state index contributed by atoms with van der Waals surface area (Å²) in [5, 5.41) is 9.79. The number of aromatic nitrogens is 3. The minimum Gasteiger partial charge on any atom is -0.379 e. The van der Waals surface area contributed by atoms with E-state index in [1.807, 2.05) is 0 Å². The minimum atomic E-state index is -4.56. The van der Waals surface area contributed by atoms with Crippen LogP contribution in [-0.2, 0) is 22.8 Å². The second kappa shape index (κ2) is 9.00. The molecule has 2 heterocycles. The van der Waals surface area contributed by atoms with Gasteiger partial charge < -0.3 is 14.6 Å². The molecule has 1 amide bonds. The molecule has 1 aromatic rings. The molecule has 2 aliphatic rings. The molecule has 1 N–H and O–H groups in total. The Morgan fingerprint density at radius 1 is 1.21 bits per heavy atom. The maximum atomic E-state index is 12.8. The molecule has 1 saturated carbocycles. The largest absolute Gasteiger partial charge is 0.451 e. The molecule has 1 aromatic heterocycles. The van der Waals surface area contributed by atoms with Crippen LogP contribution in [0.4, 0.5) is 13.2 Å². The van der Waals surface area contributed by atoms with Gasteiger partial charge in [-0.15, -0.1) is 10.2 Å². The van der Waals surface area contributed by atoms with Crippen LogP contribution >= 0.6 is 11.8 Å². The van der Waals surface area contributed by atoms with Crippen molar-refractivity contribution in [2.45, 2.75) is 49.0 Å². The van der Waals surface area contributed by atoms with Crippen LogP contribution in [0.1, 0.15) is 37.9 Å². The topological polar surface area (TPSA) is 72.3 Å². The molecule has 11 heteroatoms. The summed E-state index contributed by atoms with van der Waals surface area (Å²) < 4.78 is 44.7. The number of halogens is 3.